The Morgan fingerprint density at radius 1 is 1.31 bits per heavy atom. The fraction of sp³-hybridized carbons (Fsp3) is 0.500. The second-order valence-corrected chi connectivity index (χ2v) is 4.25. The van der Waals surface area contributed by atoms with Crippen molar-refractivity contribution in [2.75, 3.05) is 7.05 Å². The zero-order chi connectivity index (χ0) is 9.31. The van der Waals surface area contributed by atoms with Gasteiger partial charge in [0.2, 0.25) is 0 Å². The van der Waals surface area contributed by atoms with Crippen LogP contribution in [0.1, 0.15) is 30.9 Å². The van der Waals surface area contributed by atoms with Crippen LogP contribution in [0.15, 0.2) is 24.3 Å². The SMILES string of the molecule is CNCc1ccccc1C1(C)CC1. The molecule has 1 aromatic carbocycles. The summed E-state index contributed by atoms with van der Waals surface area (Å²) >= 11 is 0. The third-order valence-corrected chi connectivity index (χ3v) is 3.03. The zero-order valence-corrected chi connectivity index (χ0v) is 8.43. The van der Waals surface area contributed by atoms with Crippen LogP contribution in [0.5, 0.6) is 0 Å². The van der Waals surface area contributed by atoms with Crippen molar-refractivity contribution in [3.05, 3.63) is 35.4 Å². The second-order valence-electron chi connectivity index (χ2n) is 4.25. The minimum absolute atomic E-state index is 0.493. The van der Waals surface area contributed by atoms with Gasteiger partial charge in [-0.25, -0.2) is 0 Å². The molecule has 0 aliphatic heterocycles. The summed E-state index contributed by atoms with van der Waals surface area (Å²) in [6, 6.07) is 8.79. The summed E-state index contributed by atoms with van der Waals surface area (Å²) < 4.78 is 0. The van der Waals surface area contributed by atoms with E-state index in [0.717, 1.165) is 6.54 Å². The first-order chi connectivity index (χ1) is 6.26. The highest BCUT2D eigenvalue weighted by Gasteiger charge is 2.39. The van der Waals surface area contributed by atoms with E-state index in [2.05, 4.69) is 36.5 Å². The largest absolute Gasteiger partial charge is 0.316 e. The van der Waals surface area contributed by atoms with Crippen LogP contribution in [0.3, 0.4) is 0 Å². The van der Waals surface area contributed by atoms with Gasteiger partial charge in [-0.2, -0.15) is 0 Å². The molecule has 1 aliphatic carbocycles. The summed E-state index contributed by atoms with van der Waals surface area (Å²) in [7, 11) is 2.01. The minimum Gasteiger partial charge on any atom is -0.316 e. The van der Waals surface area contributed by atoms with Crippen LogP contribution < -0.4 is 5.32 Å². The lowest BCUT2D eigenvalue weighted by molar-refractivity contribution is 0.738. The normalized spacial score (nSPS) is 18.6. The standard InChI is InChI=1S/C12H17N/c1-12(7-8-12)11-6-4-3-5-10(11)9-13-2/h3-6,13H,7-9H2,1-2H3. The lowest BCUT2D eigenvalue weighted by Crippen LogP contribution is -2.11. The maximum absolute atomic E-state index is 3.22. The molecule has 0 atom stereocenters. The molecular formula is C12H17N. The Hall–Kier alpha value is -0.820. The molecule has 1 aromatic rings. The maximum atomic E-state index is 3.22. The van der Waals surface area contributed by atoms with Gasteiger partial charge in [0.25, 0.3) is 0 Å². The van der Waals surface area contributed by atoms with Crippen LogP contribution in [0.2, 0.25) is 0 Å². The van der Waals surface area contributed by atoms with Gasteiger partial charge in [0.05, 0.1) is 0 Å². The average Bonchev–Trinajstić information content (AvgIpc) is 2.86. The number of rotatable bonds is 3. The molecule has 70 valence electrons. The van der Waals surface area contributed by atoms with Crippen LogP contribution in [0.25, 0.3) is 0 Å². The van der Waals surface area contributed by atoms with E-state index in [1.54, 1.807) is 5.56 Å². The van der Waals surface area contributed by atoms with Gasteiger partial charge in [-0.05, 0) is 36.4 Å². The maximum Gasteiger partial charge on any atom is 0.0205 e. The van der Waals surface area contributed by atoms with E-state index < -0.39 is 0 Å². The molecule has 0 unspecified atom stereocenters. The first-order valence-electron chi connectivity index (χ1n) is 4.99. The van der Waals surface area contributed by atoms with Crippen LogP contribution in [0.4, 0.5) is 0 Å². The van der Waals surface area contributed by atoms with E-state index in [9.17, 15) is 0 Å². The van der Waals surface area contributed by atoms with Crippen molar-refractivity contribution in [1.82, 2.24) is 5.32 Å². The van der Waals surface area contributed by atoms with Crippen molar-refractivity contribution in [1.29, 1.82) is 0 Å². The fourth-order valence-electron chi connectivity index (χ4n) is 1.91. The van der Waals surface area contributed by atoms with Crippen LogP contribution in [-0.4, -0.2) is 7.05 Å². The van der Waals surface area contributed by atoms with Crippen molar-refractivity contribution in [2.24, 2.45) is 0 Å². The van der Waals surface area contributed by atoms with Crippen molar-refractivity contribution in [3.63, 3.8) is 0 Å². The minimum atomic E-state index is 0.493. The highest BCUT2D eigenvalue weighted by atomic mass is 14.8. The third kappa shape index (κ3) is 1.61. The molecule has 2 rings (SSSR count). The summed E-state index contributed by atoms with van der Waals surface area (Å²) in [6.45, 7) is 3.35. The molecule has 1 saturated carbocycles. The Morgan fingerprint density at radius 2 is 2.00 bits per heavy atom. The van der Waals surface area contributed by atoms with Crippen molar-refractivity contribution in [3.8, 4) is 0 Å². The molecule has 1 nitrogen and oxygen atoms in total. The van der Waals surface area contributed by atoms with E-state index in [1.807, 2.05) is 7.05 Å². The number of benzene rings is 1. The van der Waals surface area contributed by atoms with E-state index in [-0.39, 0.29) is 0 Å². The molecule has 0 radical (unpaired) electrons. The molecule has 0 heterocycles. The molecule has 1 N–H and O–H groups in total. The van der Waals surface area contributed by atoms with Gasteiger partial charge < -0.3 is 5.32 Å². The summed E-state index contributed by atoms with van der Waals surface area (Å²) in [5.74, 6) is 0. The molecule has 0 aromatic heterocycles. The molecule has 1 aliphatic rings. The van der Waals surface area contributed by atoms with Gasteiger partial charge in [0.1, 0.15) is 0 Å². The number of nitrogens with one attached hydrogen (secondary N) is 1. The van der Waals surface area contributed by atoms with Crippen LogP contribution in [-0.2, 0) is 12.0 Å². The van der Waals surface area contributed by atoms with Crippen molar-refractivity contribution >= 4 is 0 Å². The van der Waals surface area contributed by atoms with Gasteiger partial charge in [0, 0.05) is 6.54 Å². The number of hydrogen-bond acceptors (Lipinski definition) is 1. The summed E-state index contributed by atoms with van der Waals surface area (Å²) in [6.07, 6.45) is 2.71. The molecule has 1 fully saturated rings. The lowest BCUT2D eigenvalue weighted by atomic mass is 9.93. The van der Waals surface area contributed by atoms with Gasteiger partial charge in [-0.3, -0.25) is 0 Å². The average molecular weight is 175 g/mol. The molecule has 1 heteroatoms. The predicted molar refractivity (Wildman–Crippen MR) is 55.8 cm³/mol. The summed E-state index contributed by atoms with van der Waals surface area (Å²) in [5.41, 5.74) is 3.50. The lowest BCUT2D eigenvalue weighted by Gasteiger charge is -2.14. The Morgan fingerprint density at radius 3 is 2.62 bits per heavy atom. The molecular weight excluding hydrogens is 158 g/mol. The van der Waals surface area contributed by atoms with Crippen molar-refractivity contribution < 1.29 is 0 Å². The Bertz CT molecular complexity index is 300. The van der Waals surface area contributed by atoms with Gasteiger partial charge in [-0.15, -0.1) is 0 Å². The van der Waals surface area contributed by atoms with E-state index in [4.69, 9.17) is 0 Å². The number of hydrogen-bond donors (Lipinski definition) is 1. The molecule has 0 amide bonds. The van der Waals surface area contributed by atoms with Gasteiger partial charge in [-0.1, -0.05) is 31.2 Å². The quantitative estimate of drug-likeness (QED) is 0.744. The van der Waals surface area contributed by atoms with E-state index in [1.165, 1.54) is 18.4 Å². The topological polar surface area (TPSA) is 12.0 Å². The van der Waals surface area contributed by atoms with Crippen LogP contribution >= 0.6 is 0 Å². The molecule has 0 saturated heterocycles. The Kier molecular flexibility index (Phi) is 2.12. The Balaban J connectivity index is 2.32. The van der Waals surface area contributed by atoms with Gasteiger partial charge in [0.15, 0.2) is 0 Å². The van der Waals surface area contributed by atoms with Crippen molar-refractivity contribution in [2.45, 2.75) is 31.7 Å². The fourth-order valence-corrected chi connectivity index (χ4v) is 1.91. The second kappa shape index (κ2) is 3.15. The van der Waals surface area contributed by atoms with E-state index >= 15 is 0 Å². The molecule has 0 bridgehead atoms. The predicted octanol–water partition coefficient (Wildman–Crippen LogP) is 2.46. The Labute approximate surface area is 80.2 Å². The van der Waals surface area contributed by atoms with Crippen LogP contribution in [0, 0.1) is 0 Å². The van der Waals surface area contributed by atoms with E-state index in [0.29, 0.717) is 5.41 Å². The zero-order valence-electron chi connectivity index (χ0n) is 8.43. The highest BCUT2D eigenvalue weighted by molar-refractivity contribution is 5.37. The monoisotopic (exact) mass is 175 g/mol. The smallest absolute Gasteiger partial charge is 0.0205 e. The highest BCUT2D eigenvalue weighted by Crippen LogP contribution is 2.48. The third-order valence-electron chi connectivity index (χ3n) is 3.03. The summed E-state index contributed by atoms with van der Waals surface area (Å²) in [5, 5.41) is 3.22. The molecule has 0 spiro atoms. The summed E-state index contributed by atoms with van der Waals surface area (Å²) in [4.78, 5) is 0. The first-order valence-corrected chi connectivity index (χ1v) is 4.99. The van der Waals surface area contributed by atoms with Gasteiger partial charge >= 0.3 is 0 Å². The first kappa shape index (κ1) is 8.76. The molecule has 13 heavy (non-hydrogen) atoms.